The molecule has 0 aliphatic heterocycles. The van der Waals surface area contributed by atoms with Crippen molar-refractivity contribution in [3.63, 3.8) is 0 Å². The zero-order valence-electron chi connectivity index (χ0n) is 29.6. The molecule has 2 amide bonds. The highest BCUT2D eigenvalue weighted by atomic mass is 32.2. The normalized spacial score (nSPS) is 12.3. The number of sulfonamides is 1. The third-order valence-corrected chi connectivity index (χ3v) is 10.2. The average molecular weight is 722 g/mol. The van der Waals surface area contributed by atoms with Crippen molar-refractivity contribution in [1.82, 2.24) is 10.2 Å². The Hall–Kier alpha value is -5.30. The van der Waals surface area contributed by atoms with E-state index in [1.165, 1.54) is 87.9 Å². The Morgan fingerprint density at radius 2 is 1.43 bits per heavy atom. The van der Waals surface area contributed by atoms with Gasteiger partial charge < -0.3 is 29.2 Å². The van der Waals surface area contributed by atoms with Gasteiger partial charge in [0, 0.05) is 31.1 Å². The number of hydrogen-bond acceptors (Lipinski definition) is 8. The van der Waals surface area contributed by atoms with Crippen LogP contribution in [0.1, 0.15) is 31.4 Å². The van der Waals surface area contributed by atoms with Crippen molar-refractivity contribution in [2.45, 2.75) is 50.2 Å². The van der Waals surface area contributed by atoms with Crippen LogP contribution in [0.2, 0.25) is 0 Å². The first-order chi connectivity index (χ1) is 24.4. The molecule has 1 N–H and O–H groups in total. The fraction of sp³-hybridized carbons (Fsp3) is 0.316. The molecule has 272 valence electrons. The highest BCUT2D eigenvalue weighted by Gasteiger charge is 2.36. The summed E-state index contributed by atoms with van der Waals surface area (Å²) in [5.74, 6) is -0.670. The van der Waals surface area contributed by atoms with E-state index < -0.39 is 40.2 Å². The van der Waals surface area contributed by atoms with Crippen LogP contribution in [0.4, 0.5) is 10.1 Å². The molecule has 11 nitrogen and oxygen atoms in total. The van der Waals surface area contributed by atoms with Crippen molar-refractivity contribution < 1.29 is 41.3 Å². The second-order valence-corrected chi connectivity index (χ2v) is 13.6. The van der Waals surface area contributed by atoms with E-state index in [-0.39, 0.29) is 41.1 Å². The quantitative estimate of drug-likeness (QED) is 0.149. The van der Waals surface area contributed by atoms with Crippen LogP contribution < -0.4 is 28.6 Å². The Balaban J connectivity index is 1.90. The van der Waals surface area contributed by atoms with Crippen molar-refractivity contribution in [3.8, 4) is 23.0 Å². The van der Waals surface area contributed by atoms with Crippen LogP contribution >= 0.6 is 0 Å². The van der Waals surface area contributed by atoms with Crippen molar-refractivity contribution in [2.24, 2.45) is 0 Å². The maximum Gasteiger partial charge on any atom is 0.265 e. The fourth-order valence-electron chi connectivity index (χ4n) is 5.39. The molecule has 0 bridgehead atoms. The van der Waals surface area contributed by atoms with Gasteiger partial charge in [-0.05, 0) is 60.9 Å². The Morgan fingerprint density at radius 1 is 0.784 bits per heavy atom. The molecule has 4 aromatic carbocycles. The van der Waals surface area contributed by atoms with Gasteiger partial charge in [-0.1, -0.05) is 49.4 Å². The third kappa shape index (κ3) is 9.48. The monoisotopic (exact) mass is 721 g/mol. The van der Waals surface area contributed by atoms with Crippen molar-refractivity contribution in [3.05, 3.63) is 108 Å². The first-order valence-corrected chi connectivity index (χ1v) is 17.7. The zero-order valence-corrected chi connectivity index (χ0v) is 30.4. The second kappa shape index (κ2) is 17.6. The van der Waals surface area contributed by atoms with Crippen molar-refractivity contribution >= 4 is 27.5 Å². The van der Waals surface area contributed by atoms with E-state index in [9.17, 15) is 22.4 Å². The van der Waals surface area contributed by atoms with Gasteiger partial charge >= 0.3 is 0 Å². The summed E-state index contributed by atoms with van der Waals surface area (Å²) in [5, 5.41) is 2.99. The first-order valence-electron chi connectivity index (χ1n) is 16.3. The van der Waals surface area contributed by atoms with Gasteiger partial charge in [-0.15, -0.1) is 0 Å². The summed E-state index contributed by atoms with van der Waals surface area (Å²) in [5.41, 5.74) is 1.33. The topological polar surface area (TPSA) is 124 Å². The van der Waals surface area contributed by atoms with Gasteiger partial charge in [0.15, 0.2) is 11.5 Å². The molecule has 0 heterocycles. The number of amides is 2. The molecule has 0 saturated carbocycles. The molecule has 4 aromatic rings. The minimum Gasteiger partial charge on any atom is -0.497 e. The number of methoxy groups -OCH3 is 4. The van der Waals surface area contributed by atoms with Crippen molar-refractivity contribution in [1.29, 1.82) is 0 Å². The maximum absolute atomic E-state index is 14.8. The Labute approximate surface area is 298 Å². The number of anilines is 1. The van der Waals surface area contributed by atoms with Crippen LogP contribution in [0.25, 0.3) is 0 Å². The molecule has 13 heteroatoms. The number of benzene rings is 4. The summed E-state index contributed by atoms with van der Waals surface area (Å²) in [4.78, 5) is 30.0. The van der Waals surface area contributed by atoms with Crippen LogP contribution in [0.3, 0.4) is 0 Å². The van der Waals surface area contributed by atoms with Gasteiger partial charge in [0.25, 0.3) is 10.0 Å². The second-order valence-electron chi connectivity index (χ2n) is 11.7. The van der Waals surface area contributed by atoms with Crippen LogP contribution in [-0.4, -0.2) is 72.2 Å². The number of carbonyl (C=O) groups excluding carboxylic acids is 2. The molecule has 0 fully saturated rings. The van der Waals surface area contributed by atoms with E-state index in [0.717, 1.165) is 9.87 Å². The summed E-state index contributed by atoms with van der Waals surface area (Å²) in [6.45, 7) is 2.92. The largest absolute Gasteiger partial charge is 0.497 e. The van der Waals surface area contributed by atoms with Gasteiger partial charge in [0.2, 0.25) is 11.8 Å². The minimum absolute atomic E-state index is 0.0189. The lowest BCUT2D eigenvalue weighted by Gasteiger charge is -2.34. The molecule has 0 radical (unpaired) electrons. The molecule has 51 heavy (non-hydrogen) atoms. The molecule has 0 unspecified atom stereocenters. The van der Waals surface area contributed by atoms with Crippen molar-refractivity contribution in [2.75, 3.05) is 39.3 Å². The lowest BCUT2D eigenvalue weighted by atomic mass is 10.0. The number of ether oxygens (including phenoxy) is 4. The summed E-state index contributed by atoms with van der Waals surface area (Å²) in [6.07, 6.45) is 0.767. The number of nitrogens with one attached hydrogen (secondary N) is 1. The van der Waals surface area contributed by atoms with Crippen LogP contribution in [0.15, 0.2) is 95.9 Å². The maximum atomic E-state index is 14.8. The van der Waals surface area contributed by atoms with Gasteiger partial charge in [-0.3, -0.25) is 13.9 Å². The van der Waals surface area contributed by atoms with E-state index in [1.54, 1.807) is 6.07 Å². The minimum atomic E-state index is -4.54. The predicted octanol–water partition coefficient (Wildman–Crippen LogP) is 5.61. The van der Waals surface area contributed by atoms with Gasteiger partial charge in [0.1, 0.15) is 29.9 Å². The number of carbonyl (C=O) groups is 2. The Morgan fingerprint density at radius 3 is 2.04 bits per heavy atom. The van der Waals surface area contributed by atoms with Crippen LogP contribution in [-0.2, 0) is 32.6 Å². The standard InChI is InChI=1S/C38H44FN3O8S/c1-7-26(2)40-38(44)33(21-27-11-9-8-10-12-27)41(24-28-13-15-29(39)16-14-28)37(43)25-42(32-22-30(47-3)17-19-34(32)48-4)51(45,46)31-18-20-35(49-5)36(23-31)50-6/h8-20,22-23,26,33H,7,21,24-25H2,1-6H3,(H,40,44)/t26-,33-/m0/s1. The predicted molar refractivity (Wildman–Crippen MR) is 192 cm³/mol. The number of hydrogen-bond donors (Lipinski definition) is 1. The summed E-state index contributed by atoms with van der Waals surface area (Å²) in [6, 6.07) is 22.2. The molecule has 2 atom stereocenters. The Kier molecular flexibility index (Phi) is 13.3. The van der Waals surface area contributed by atoms with E-state index in [4.69, 9.17) is 18.9 Å². The van der Waals surface area contributed by atoms with E-state index >= 15 is 0 Å². The molecule has 0 spiro atoms. The SMILES string of the molecule is CC[C@H](C)NC(=O)[C@H](Cc1ccccc1)N(Cc1ccc(F)cc1)C(=O)CN(c1cc(OC)ccc1OC)S(=O)(=O)c1ccc(OC)c(OC)c1. The van der Waals surface area contributed by atoms with Gasteiger partial charge in [-0.25, -0.2) is 12.8 Å². The van der Waals surface area contributed by atoms with E-state index in [2.05, 4.69) is 5.32 Å². The summed E-state index contributed by atoms with van der Waals surface area (Å²) < 4.78 is 65.9. The molecule has 0 aliphatic carbocycles. The Bertz CT molecular complexity index is 1890. The molecular weight excluding hydrogens is 677 g/mol. The molecule has 0 aromatic heterocycles. The average Bonchev–Trinajstić information content (AvgIpc) is 3.15. The number of halogens is 1. The molecular formula is C38H44FN3O8S. The lowest BCUT2D eigenvalue weighted by molar-refractivity contribution is -0.140. The highest BCUT2D eigenvalue weighted by molar-refractivity contribution is 7.92. The van der Waals surface area contributed by atoms with E-state index in [1.807, 2.05) is 44.2 Å². The first kappa shape index (κ1) is 38.5. The van der Waals surface area contributed by atoms with E-state index in [0.29, 0.717) is 23.5 Å². The molecule has 4 rings (SSSR count). The lowest BCUT2D eigenvalue weighted by Crippen LogP contribution is -2.54. The molecule has 0 saturated heterocycles. The number of rotatable bonds is 17. The smallest absolute Gasteiger partial charge is 0.265 e. The summed E-state index contributed by atoms with van der Waals surface area (Å²) >= 11 is 0. The van der Waals surface area contributed by atoms with Crippen LogP contribution in [0.5, 0.6) is 23.0 Å². The number of nitrogens with zero attached hydrogens (tertiary/aromatic N) is 2. The highest BCUT2D eigenvalue weighted by Crippen LogP contribution is 2.38. The molecule has 0 aliphatic rings. The summed E-state index contributed by atoms with van der Waals surface area (Å²) in [7, 11) is 1.08. The zero-order chi connectivity index (χ0) is 37.1. The van der Waals surface area contributed by atoms with Crippen LogP contribution in [0, 0.1) is 5.82 Å². The fourth-order valence-corrected chi connectivity index (χ4v) is 6.82. The third-order valence-electron chi connectivity index (χ3n) is 8.41. The van der Waals surface area contributed by atoms with Gasteiger partial charge in [0.05, 0.1) is 39.0 Å². The van der Waals surface area contributed by atoms with Gasteiger partial charge in [-0.2, -0.15) is 0 Å².